The summed E-state index contributed by atoms with van der Waals surface area (Å²) in [6.45, 7) is 8.90. The van der Waals surface area contributed by atoms with Gasteiger partial charge in [0.2, 0.25) is 5.91 Å². The standard InChI is InChI=1S/C30H29ClFN5O3/c1-4-8-19-9-6-7-10-24(19)37-29-22(16-23(31)27(33-29)21-12-11-20(32)15-25(21)38)28(34-30(37)40)36-14-13-35(17-18(36)3)26(39)5-2/h5-7,9-12,15-16,18,38H,2,4,8,13-14,17H2,1,3H3/t18-/m0/s1. The number of aromatic nitrogens is 3. The van der Waals surface area contributed by atoms with Gasteiger partial charge in [0.15, 0.2) is 5.65 Å². The SMILES string of the molecule is C=CC(=O)N1CCN(c2nc(=O)n(-c3ccccc3CCC)c3nc(-c4ccc(F)cc4O)c(Cl)cc23)[C@@H](C)C1. The Morgan fingerprint density at radius 3 is 2.67 bits per heavy atom. The van der Waals surface area contributed by atoms with E-state index in [0.717, 1.165) is 24.5 Å². The van der Waals surface area contributed by atoms with Gasteiger partial charge in [-0.25, -0.2) is 18.7 Å². The first-order chi connectivity index (χ1) is 19.2. The lowest BCUT2D eigenvalue weighted by Gasteiger charge is -2.40. The van der Waals surface area contributed by atoms with Crippen LogP contribution in [0.2, 0.25) is 5.02 Å². The van der Waals surface area contributed by atoms with Crippen LogP contribution in [0.3, 0.4) is 0 Å². The molecule has 3 heterocycles. The van der Waals surface area contributed by atoms with Gasteiger partial charge in [-0.15, -0.1) is 0 Å². The fraction of sp³-hybridized carbons (Fsp3) is 0.267. The van der Waals surface area contributed by atoms with Crippen LogP contribution in [-0.2, 0) is 11.2 Å². The summed E-state index contributed by atoms with van der Waals surface area (Å²) in [5.74, 6) is -0.662. The molecule has 1 aliphatic rings. The van der Waals surface area contributed by atoms with E-state index < -0.39 is 11.5 Å². The molecule has 1 saturated heterocycles. The number of phenolic OH excluding ortho intramolecular Hbond substituents is 1. The largest absolute Gasteiger partial charge is 0.507 e. The molecule has 1 N–H and O–H groups in total. The van der Waals surface area contributed by atoms with Crippen LogP contribution in [0.25, 0.3) is 28.0 Å². The van der Waals surface area contributed by atoms with Gasteiger partial charge >= 0.3 is 5.69 Å². The number of amides is 1. The molecule has 0 aliphatic carbocycles. The molecule has 8 nitrogen and oxygen atoms in total. The summed E-state index contributed by atoms with van der Waals surface area (Å²) in [4.78, 5) is 39.1. The van der Waals surface area contributed by atoms with Crippen LogP contribution in [0.4, 0.5) is 10.2 Å². The maximum Gasteiger partial charge on any atom is 0.355 e. The number of rotatable bonds is 6. The van der Waals surface area contributed by atoms with Crippen molar-refractivity contribution in [1.29, 1.82) is 0 Å². The first-order valence-electron chi connectivity index (χ1n) is 13.1. The molecule has 1 aliphatic heterocycles. The van der Waals surface area contributed by atoms with Crippen LogP contribution in [-0.4, -0.2) is 56.1 Å². The molecular formula is C30H29ClFN5O3. The monoisotopic (exact) mass is 561 g/mol. The van der Waals surface area contributed by atoms with Crippen molar-refractivity contribution in [3.63, 3.8) is 0 Å². The van der Waals surface area contributed by atoms with Crippen LogP contribution in [0, 0.1) is 5.82 Å². The fourth-order valence-corrected chi connectivity index (χ4v) is 5.50. The number of halogens is 2. The Bertz CT molecular complexity index is 1690. The normalized spacial score (nSPS) is 15.4. The number of aryl methyl sites for hydroxylation is 1. The van der Waals surface area contributed by atoms with Crippen molar-refractivity contribution in [3.05, 3.63) is 88.1 Å². The van der Waals surface area contributed by atoms with Crippen LogP contribution in [0.1, 0.15) is 25.8 Å². The summed E-state index contributed by atoms with van der Waals surface area (Å²) in [5, 5.41) is 11.3. The number of nitrogens with zero attached hydrogens (tertiary/aromatic N) is 5. The summed E-state index contributed by atoms with van der Waals surface area (Å²) in [6.07, 6.45) is 2.90. The molecule has 1 fully saturated rings. The Hall–Kier alpha value is -4.24. The molecule has 40 heavy (non-hydrogen) atoms. The van der Waals surface area contributed by atoms with Crippen LogP contribution in [0.15, 0.2) is 66.0 Å². The van der Waals surface area contributed by atoms with E-state index in [1.54, 1.807) is 11.0 Å². The maximum atomic E-state index is 13.8. The zero-order chi connectivity index (χ0) is 28.6. The number of hydrogen-bond acceptors (Lipinski definition) is 6. The van der Waals surface area contributed by atoms with Crippen LogP contribution >= 0.6 is 11.6 Å². The fourth-order valence-electron chi connectivity index (χ4n) is 5.25. The van der Waals surface area contributed by atoms with E-state index in [4.69, 9.17) is 16.6 Å². The molecular weight excluding hydrogens is 533 g/mol. The van der Waals surface area contributed by atoms with Gasteiger partial charge in [-0.2, -0.15) is 4.98 Å². The minimum atomic E-state index is -0.599. The van der Waals surface area contributed by atoms with E-state index in [1.807, 2.05) is 36.1 Å². The average Bonchev–Trinajstić information content (AvgIpc) is 2.93. The van der Waals surface area contributed by atoms with Crippen molar-refractivity contribution < 1.29 is 14.3 Å². The molecule has 10 heteroatoms. The first kappa shape index (κ1) is 27.3. The highest BCUT2D eigenvalue weighted by Crippen LogP contribution is 2.37. The number of benzene rings is 2. The van der Waals surface area contributed by atoms with Gasteiger partial charge in [-0.05, 0) is 49.2 Å². The number of anilines is 1. The molecule has 1 atom stereocenters. The molecule has 1 amide bonds. The molecule has 5 rings (SSSR count). The van der Waals surface area contributed by atoms with Crippen LogP contribution in [0.5, 0.6) is 5.75 Å². The lowest BCUT2D eigenvalue weighted by molar-refractivity contribution is -0.126. The van der Waals surface area contributed by atoms with Gasteiger partial charge in [0, 0.05) is 37.3 Å². The first-order valence-corrected chi connectivity index (χ1v) is 13.5. The molecule has 0 unspecified atom stereocenters. The van der Waals surface area contributed by atoms with Gasteiger partial charge in [-0.1, -0.05) is 49.7 Å². The molecule has 206 valence electrons. The van der Waals surface area contributed by atoms with Gasteiger partial charge in [0.05, 0.1) is 21.8 Å². The summed E-state index contributed by atoms with van der Waals surface area (Å²) >= 11 is 6.73. The molecule has 0 bridgehead atoms. The van der Waals surface area contributed by atoms with Crippen molar-refractivity contribution >= 4 is 34.4 Å². The third kappa shape index (κ3) is 4.93. The third-order valence-corrected chi connectivity index (χ3v) is 7.44. The zero-order valence-corrected chi connectivity index (χ0v) is 23.0. The van der Waals surface area contributed by atoms with E-state index >= 15 is 0 Å². The van der Waals surface area contributed by atoms with Crippen LogP contribution < -0.4 is 10.6 Å². The summed E-state index contributed by atoms with van der Waals surface area (Å²) in [6, 6.07) is 12.7. The van der Waals surface area contributed by atoms with E-state index in [2.05, 4.69) is 18.5 Å². The maximum absolute atomic E-state index is 13.8. The predicted octanol–water partition coefficient (Wildman–Crippen LogP) is 5.12. The number of fused-ring (bicyclic) bond motifs is 1. The van der Waals surface area contributed by atoms with Gasteiger partial charge in [-0.3, -0.25) is 4.79 Å². The predicted molar refractivity (Wildman–Crippen MR) is 155 cm³/mol. The Morgan fingerprint density at radius 2 is 1.98 bits per heavy atom. The highest BCUT2D eigenvalue weighted by Gasteiger charge is 2.30. The second kappa shape index (κ2) is 11.1. The van der Waals surface area contributed by atoms with Crippen molar-refractivity contribution in [2.45, 2.75) is 32.7 Å². The molecule has 0 spiro atoms. The second-order valence-electron chi connectivity index (χ2n) is 9.81. The van der Waals surface area contributed by atoms with Crippen molar-refractivity contribution in [3.8, 4) is 22.7 Å². The van der Waals surface area contributed by atoms with Crippen molar-refractivity contribution in [2.24, 2.45) is 0 Å². The lowest BCUT2D eigenvalue weighted by atomic mass is 10.1. The molecule has 4 aromatic rings. The van der Waals surface area contributed by atoms with Gasteiger partial charge in [0.1, 0.15) is 17.4 Å². The van der Waals surface area contributed by atoms with E-state index in [9.17, 15) is 19.1 Å². The topological polar surface area (TPSA) is 91.6 Å². The second-order valence-corrected chi connectivity index (χ2v) is 10.2. The van der Waals surface area contributed by atoms with Gasteiger partial charge in [0.25, 0.3) is 0 Å². The van der Waals surface area contributed by atoms with E-state index in [1.165, 1.54) is 22.8 Å². The number of aromatic hydroxyl groups is 1. The van der Waals surface area contributed by atoms with Gasteiger partial charge < -0.3 is 14.9 Å². The summed E-state index contributed by atoms with van der Waals surface area (Å²) in [7, 11) is 0. The zero-order valence-electron chi connectivity index (χ0n) is 22.3. The number of piperazine rings is 1. The number of carbonyl (C=O) groups is 1. The Kier molecular flexibility index (Phi) is 7.58. The van der Waals surface area contributed by atoms with Crippen molar-refractivity contribution in [1.82, 2.24) is 19.4 Å². The highest BCUT2D eigenvalue weighted by atomic mass is 35.5. The quantitative estimate of drug-likeness (QED) is 0.329. The Balaban J connectivity index is 1.77. The summed E-state index contributed by atoms with van der Waals surface area (Å²) < 4.78 is 15.2. The molecule has 0 radical (unpaired) electrons. The molecule has 0 saturated carbocycles. The minimum absolute atomic E-state index is 0.152. The Labute approximate surface area is 236 Å². The average molecular weight is 562 g/mol. The Morgan fingerprint density at radius 1 is 1.20 bits per heavy atom. The number of pyridine rings is 1. The van der Waals surface area contributed by atoms with Crippen molar-refractivity contribution in [2.75, 3.05) is 24.5 Å². The molecule has 2 aromatic carbocycles. The van der Waals surface area contributed by atoms with E-state index in [0.29, 0.717) is 42.2 Å². The van der Waals surface area contributed by atoms with E-state index in [-0.39, 0.29) is 34.0 Å². The highest BCUT2D eigenvalue weighted by molar-refractivity contribution is 6.34. The number of phenols is 1. The number of hydrogen-bond donors (Lipinski definition) is 1. The summed E-state index contributed by atoms with van der Waals surface area (Å²) in [5.41, 5.74) is 1.83. The third-order valence-electron chi connectivity index (χ3n) is 7.15. The molecule has 2 aromatic heterocycles. The lowest BCUT2D eigenvalue weighted by Crippen LogP contribution is -2.54. The smallest absolute Gasteiger partial charge is 0.355 e. The minimum Gasteiger partial charge on any atom is -0.507 e. The number of carbonyl (C=O) groups excluding carboxylic acids is 1. The number of para-hydroxylation sites is 1.